The minimum atomic E-state index is -1.66. The molecule has 1 fully saturated rings. The monoisotopic (exact) mass is 448 g/mol. The van der Waals surface area contributed by atoms with Crippen molar-refractivity contribution in [1.29, 1.82) is 0 Å². The Kier molecular flexibility index (Phi) is 5.89. The van der Waals surface area contributed by atoms with Crippen molar-refractivity contribution in [1.82, 2.24) is 0 Å². The Balaban J connectivity index is 1.76. The summed E-state index contributed by atoms with van der Waals surface area (Å²) in [5, 5.41) is 69.7. The van der Waals surface area contributed by atoms with Crippen molar-refractivity contribution in [3.63, 3.8) is 0 Å². The zero-order valence-corrected chi connectivity index (χ0v) is 17.0. The first-order valence-electron chi connectivity index (χ1n) is 9.91. The highest BCUT2D eigenvalue weighted by Crippen LogP contribution is 2.39. The fraction of sp³-hybridized carbons (Fsp3) is 0.364. The number of ether oxygens (including phenoxy) is 3. The van der Waals surface area contributed by atoms with Crippen LogP contribution in [-0.2, 0) is 14.2 Å². The summed E-state index contributed by atoms with van der Waals surface area (Å²) in [5.74, 6) is -0.716. The predicted molar refractivity (Wildman–Crippen MR) is 109 cm³/mol. The van der Waals surface area contributed by atoms with Gasteiger partial charge in [-0.05, 0) is 48.9 Å². The molecule has 1 aromatic rings. The molecule has 1 saturated heterocycles. The van der Waals surface area contributed by atoms with E-state index >= 15 is 0 Å². The smallest absolute Gasteiger partial charge is 0.229 e. The standard InChI is InChI=1S/C22H24O10/c1-9-4-13(25)11-7-16(31-22-20(29)19(28)18(27)17(8-23)32-22)21(30-15(11)5-9)10-2-3-12(24)14(26)6-10/h2-7,15,17-20,22-29H,8H2,1H3/t15?,17-,18-,19+,20-,22?/m1/s1. The lowest BCUT2D eigenvalue weighted by Gasteiger charge is -2.40. The van der Waals surface area contributed by atoms with Gasteiger partial charge in [-0.1, -0.05) is 0 Å². The van der Waals surface area contributed by atoms with E-state index in [1.165, 1.54) is 30.4 Å². The van der Waals surface area contributed by atoms with Gasteiger partial charge in [-0.3, -0.25) is 0 Å². The van der Waals surface area contributed by atoms with Gasteiger partial charge in [0.1, 0.15) is 36.3 Å². The van der Waals surface area contributed by atoms with Gasteiger partial charge in [-0.15, -0.1) is 0 Å². The molecular weight excluding hydrogens is 424 g/mol. The summed E-state index contributed by atoms with van der Waals surface area (Å²) in [6, 6.07) is 3.97. The van der Waals surface area contributed by atoms with E-state index in [4.69, 9.17) is 14.2 Å². The minimum absolute atomic E-state index is 0.0152. The van der Waals surface area contributed by atoms with E-state index in [1.807, 2.05) is 0 Å². The fourth-order valence-corrected chi connectivity index (χ4v) is 3.72. The third-order valence-electron chi connectivity index (χ3n) is 5.47. The molecule has 1 aliphatic carbocycles. The van der Waals surface area contributed by atoms with Crippen LogP contribution in [0, 0.1) is 0 Å². The molecule has 0 saturated carbocycles. The highest BCUT2D eigenvalue weighted by molar-refractivity contribution is 5.70. The summed E-state index contributed by atoms with van der Waals surface area (Å²) in [6.45, 7) is 1.15. The molecule has 0 aromatic heterocycles. The van der Waals surface area contributed by atoms with Crippen LogP contribution in [0.4, 0.5) is 0 Å². The van der Waals surface area contributed by atoms with Crippen molar-refractivity contribution in [3.8, 4) is 11.5 Å². The molecule has 10 nitrogen and oxygen atoms in total. The van der Waals surface area contributed by atoms with Gasteiger partial charge in [-0.2, -0.15) is 0 Å². The van der Waals surface area contributed by atoms with Crippen LogP contribution in [0.3, 0.4) is 0 Å². The zero-order valence-electron chi connectivity index (χ0n) is 17.0. The Hall–Kier alpha value is -3.02. The number of hydrogen-bond donors (Lipinski definition) is 7. The molecule has 0 bridgehead atoms. The number of rotatable bonds is 4. The highest BCUT2D eigenvalue weighted by atomic mass is 16.7. The van der Waals surface area contributed by atoms with E-state index in [0.717, 1.165) is 5.57 Å². The third-order valence-corrected chi connectivity index (χ3v) is 5.47. The summed E-state index contributed by atoms with van der Waals surface area (Å²) in [5.41, 5.74) is 1.44. The Bertz CT molecular complexity index is 1020. The number of allylic oxidation sites excluding steroid dienone is 3. The second-order valence-electron chi connectivity index (χ2n) is 7.79. The van der Waals surface area contributed by atoms with Gasteiger partial charge < -0.3 is 50.0 Å². The Morgan fingerprint density at radius 2 is 1.72 bits per heavy atom. The van der Waals surface area contributed by atoms with Crippen LogP contribution in [0.15, 0.2) is 59.1 Å². The van der Waals surface area contributed by atoms with Gasteiger partial charge in [-0.25, -0.2) is 0 Å². The first kappa shape index (κ1) is 22.2. The molecule has 1 aromatic carbocycles. The quantitative estimate of drug-likeness (QED) is 0.318. The maximum atomic E-state index is 10.4. The molecule has 2 unspecified atom stereocenters. The van der Waals surface area contributed by atoms with Gasteiger partial charge in [0, 0.05) is 11.1 Å². The van der Waals surface area contributed by atoms with E-state index in [0.29, 0.717) is 11.1 Å². The molecule has 7 N–H and O–H groups in total. The van der Waals surface area contributed by atoms with Gasteiger partial charge in [0.2, 0.25) is 6.29 Å². The summed E-state index contributed by atoms with van der Waals surface area (Å²) < 4.78 is 17.2. The molecule has 172 valence electrons. The lowest BCUT2D eigenvalue weighted by molar-refractivity contribution is -0.290. The molecule has 4 rings (SSSR count). The Morgan fingerprint density at radius 3 is 2.41 bits per heavy atom. The Labute approximate surface area is 182 Å². The summed E-state index contributed by atoms with van der Waals surface area (Å²) in [6.07, 6.45) is -3.46. The normalized spacial score (nSPS) is 32.3. The summed E-state index contributed by atoms with van der Waals surface area (Å²) in [7, 11) is 0. The number of fused-ring (bicyclic) bond motifs is 1. The van der Waals surface area contributed by atoms with E-state index in [2.05, 4.69) is 0 Å². The predicted octanol–water partition coefficient (Wildman–Crippen LogP) is 0.310. The molecule has 6 atom stereocenters. The summed E-state index contributed by atoms with van der Waals surface area (Å²) in [4.78, 5) is 0. The topological polar surface area (TPSA) is 169 Å². The number of phenolic OH excluding ortho intramolecular Hbond substituents is 2. The molecule has 0 spiro atoms. The molecule has 0 radical (unpaired) electrons. The number of aliphatic hydroxyl groups is 5. The fourth-order valence-electron chi connectivity index (χ4n) is 3.72. The number of benzene rings is 1. The van der Waals surface area contributed by atoms with Gasteiger partial charge in [0.25, 0.3) is 0 Å². The number of hydrogen-bond acceptors (Lipinski definition) is 10. The van der Waals surface area contributed by atoms with Crippen LogP contribution in [0.1, 0.15) is 12.5 Å². The van der Waals surface area contributed by atoms with Crippen LogP contribution >= 0.6 is 0 Å². The molecule has 10 heteroatoms. The second kappa shape index (κ2) is 8.49. The average molecular weight is 448 g/mol. The number of aliphatic hydroxyl groups excluding tert-OH is 5. The summed E-state index contributed by atoms with van der Waals surface area (Å²) >= 11 is 0. The van der Waals surface area contributed by atoms with E-state index in [-0.39, 0.29) is 23.0 Å². The molecule has 3 aliphatic rings. The lowest BCUT2D eigenvalue weighted by Crippen LogP contribution is -2.59. The van der Waals surface area contributed by atoms with E-state index < -0.39 is 49.2 Å². The SMILES string of the molecule is CC1=CC2OC(c3ccc(O)c(O)c3)=C(OC3O[C@H](CO)[C@@H](O)[C@H](O)[C@H]3O)C=C2C(O)=C1. The molecular formula is C22H24O10. The largest absolute Gasteiger partial charge is 0.508 e. The number of aromatic hydroxyl groups is 2. The van der Waals surface area contributed by atoms with E-state index in [9.17, 15) is 35.7 Å². The highest BCUT2D eigenvalue weighted by Gasteiger charge is 2.45. The van der Waals surface area contributed by atoms with Gasteiger partial charge in [0.05, 0.1) is 6.61 Å². The number of phenols is 2. The Morgan fingerprint density at radius 1 is 0.969 bits per heavy atom. The second-order valence-corrected chi connectivity index (χ2v) is 7.79. The molecule has 2 aliphatic heterocycles. The lowest BCUT2D eigenvalue weighted by atomic mass is 9.94. The van der Waals surface area contributed by atoms with Crippen molar-refractivity contribution in [2.75, 3.05) is 6.61 Å². The van der Waals surface area contributed by atoms with Crippen LogP contribution in [-0.4, -0.2) is 79.2 Å². The molecule has 32 heavy (non-hydrogen) atoms. The van der Waals surface area contributed by atoms with E-state index in [1.54, 1.807) is 13.0 Å². The van der Waals surface area contributed by atoms with Gasteiger partial charge in [0.15, 0.2) is 23.0 Å². The van der Waals surface area contributed by atoms with Crippen molar-refractivity contribution in [2.24, 2.45) is 0 Å². The zero-order chi connectivity index (χ0) is 23.2. The third kappa shape index (κ3) is 3.94. The first-order chi connectivity index (χ1) is 15.2. The molecule has 2 heterocycles. The van der Waals surface area contributed by atoms with Crippen molar-refractivity contribution in [3.05, 3.63) is 64.7 Å². The van der Waals surface area contributed by atoms with Crippen molar-refractivity contribution < 1.29 is 50.0 Å². The average Bonchev–Trinajstić information content (AvgIpc) is 2.76. The van der Waals surface area contributed by atoms with Crippen LogP contribution in [0.2, 0.25) is 0 Å². The van der Waals surface area contributed by atoms with Crippen LogP contribution in [0.25, 0.3) is 5.76 Å². The first-order valence-corrected chi connectivity index (χ1v) is 9.91. The molecule has 0 amide bonds. The van der Waals surface area contributed by atoms with Crippen LogP contribution in [0.5, 0.6) is 11.5 Å². The van der Waals surface area contributed by atoms with Crippen molar-refractivity contribution in [2.45, 2.75) is 43.7 Å². The maximum absolute atomic E-state index is 10.4. The van der Waals surface area contributed by atoms with Crippen LogP contribution < -0.4 is 0 Å². The van der Waals surface area contributed by atoms with Gasteiger partial charge >= 0.3 is 0 Å². The van der Waals surface area contributed by atoms with Crippen molar-refractivity contribution >= 4 is 5.76 Å². The minimum Gasteiger partial charge on any atom is -0.508 e. The maximum Gasteiger partial charge on any atom is 0.229 e.